The molecule has 194 valence electrons. The molecule has 0 radical (unpaired) electrons. The average molecular weight is 518 g/mol. The molecule has 0 bridgehead atoms. The van der Waals surface area contributed by atoms with E-state index in [9.17, 15) is 5.11 Å². The number of nitrogens with one attached hydrogen (secondary N) is 3. The van der Waals surface area contributed by atoms with E-state index >= 15 is 0 Å². The van der Waals surface area contributed by atoms with Crippen LogP contribution in [0, 0.1) is 5.92 Å². The molecule has 1 saturated carbocycles. The van der Waals surface area contributed by atoms with Crippen molar-refractivity contribution in [3.05, 3.63) is 67.4 Å². The molecule has 7 rings (SSSR count). The lowest BCUT2D eigenvalue weighted by atomic mass is 9.88. The van der Waals surface area contributed by atoms with Crippen molar-refractivity contribution in [3.63, 3.8) is 0 Å². The van der Waals surface area contributed by atoms with Gasteiger partial charge in [0.25, 0.3) is 0 Å². The highest BCUT2D eigenvalue weighted by Crippen LogP contribution is 2.32. The Kier molecular flexibility index (Phi) is 5.93. The van der Waals surface area contributed by atoms with Crippen LogP contribution in [0.25, 0.3) is 56.1 Å². The Bertz CT molecular complexity index is 1760. The van der Waals surface area contributed by atoms with E-state index in [4.69, 9.17) is 9.97 Å². The van der Waals surface area contributed by atoms with E-state index in [1.54, 1.807) is 31.0 Å². The molecule has 10 nitrogen and oxygen atoms in total. The molecule has 0 aromatic carbocycles. The Morgan fingerprint density at radius 2 is 1.77 bits per heavy atom. The molecule has 1 unspecified atom stereocenters. The smallest absolute Gasteiger partial charge is 0.178 e. The Hall–Kier alpha value is -4.70. The maximum atomic E-state index is 10.7. The number of nitrogens with zero attached hydrogens (tertiary/aromatic N) is 6. The molecule has 10 heteroatoms. The maximum absolute atomic E-state index is 10.7. The van der Waals surface area contributed by atoms with Crippen molar-refractivity contribution >= 4 is 27.9 Å². The highest BCUT2D eigenvalue weighted by molar-refractivity contribution is 5.94. The van der Waals surface area contributed by atoms with Crippen LogP contribution in [0.15, 0.2) is 67.4 Å². The largest absolute Gasteiger partial charge is 0.374 e. The molecule has 0 spiro atoms. The summed E-state index contributed by atoms with van der Waals surface area (Å²) in [4.78, 5) is 26.1. The van der Waals surface area contributed by atoms with Crippen LogP contribution in [-0.4, -0.2) is 51.4 Å². The van der Waals surface area contributed by atoms with Crippen molar-refractivity contribution < 1.29 is 5.11 Å². The number of fused-ring (bicyclic) bond motifs is 2. The summed E-state index contributed by atoms with van der Waals surface area (Å²) in [6.45, 7) is 0. The predicted molar refractivity (Wildman–Crippen MR) is 149 cm³/mol. The maximum Gasteiger partial charge on any atom is 0.178 e. The summed E-state index contributed by atoms with van der Waals surface area (Å²) >= 11 is 0. The minimum absolute atomic E-state index is 0.266. The minimum Gasteiger partial charge on any atom is -0.374 e. The molecular formula is C29H27N9O. The van der Waals surface area contributed by atoms with Gasteiger partial charge in [0.1, 0.15) is 11.7 Å². The first-order valence-electron chi connectivity index (χ1n) is 13.2. The Morgan fingerprint density at radius 3 is 2.64 bits per heavy atom. The van der Waals surface area contributed by atoms with Gasteiger partial charge in [-0.05, 0) is 54.8 Å². The van der Waals surface area contributed by atoms with Crippen molar-refractivity contribution in [2.45, 2.75) is 38.3 Å². The first-order valence-corrected chi connectivity index (χ1v) is 13.2. The normalized spacial score (nSPS) is 15.1. The summed E-state index contributed by atoms with van der Waals surface area (Å²) in [5.41, 5.74) is 7.90. The number of aromatic amines is 2. The van der Waals surface area contributed by atoms with E-state index in [0.29, 0.717) is 22.7 Å². The van der Waals surface area contributed by atoms with Crippen molar-refractivity contribution in [2.75, 3.05) is 5.32 Å². The predicted octanol–water partition coefficient (Wildman–Crippen LogP) is 5.33. The molecule has 6 aromatic heterocycles. The quantitative estimate of drug-likeness (QED) is 0.217. The summed E-state index contributed by atoms with van der Waals surface area (Å²) in [7, 11) is 0. The SMILES string of the molecule is OC(Nc1cncc(-c2ccc3[nH]nc(-c4nc5nccc(-c6ccncc6)c5[nH]4)c3n2)c1)C1CCCCC1. The monoisotopic (exact) mass is 517 g/mol. The highest BCUT2D eigenvalue weighted by Gasteiger charge is 2.22. The number of rotatable bonds is 6. The Balaban J connectivity index is 1.22. The van der Waals surface area contributed by atoms with E-state index in [-0.39, 0.29) is 5.92 Å². The van der Waals surface area contributed by atoms with Crippen LogP contribution in [0.3, 0.4) is 0 Å². The van der Waals surface area contributed by atoms with Crippen LogP contribution < -0.4 is 5.32 Å². The first-order chi connectivity index (χ1) is 19.2. The van der Waals surface area contributed by atoms with E-state index in [1.165, 1.54) is 19.3 Å². The van der Waals surface area contributed by atoms with Gasteiger partial charge in [-0.3, -0.25) is 15.1 Å². The number of H-pyrrole nitrogens is 2. The fourth-order valence-corrected chi connectivity index (χ4v) is 5.42. The topological polar surface area (TPSA) is 141 Å². The molecule has 1 fully saturated rings. The summed E-state index contributed by atoms with van der Waals surface area (Å²) in [5, 5.41) is 21.6. The third kappa shape index (κ3) is 4.48. The second-order valence-electron chi connectivity index (χ2n) is 9.99. The molecule has 6 heterocycles. The van der Waals surface area contributed by atoms with E-state index < -0.39 is 6.23 Å². The number of anilines is 1. The number of imidazole rings is 1. The van der Waals surface area contributed by atoms with Gasteiger partial charge in [-0.2, -0.15) is 5.10 Å². The first kappa shape index (κ1) is 23.4. The minimum atomic E-state index is -0.586. The molecule has 39 heavy (non-hydrogen) atoms. The summed E-state index contributed by atoms with van der Waals surface area (Å²) in [6.07, 6.45) is 13.9. The van der Waals surface area contributed by atoms with Crippen molar-refractivity contribution in [2.24, 2.45) is 5.92 Å². The van der Waals surface area contributed by atoms with Gasteiger partial charge in [0.2, 0.25) is 0 Å². The number of aliphatic hydroxyl groups is 1. The third-order valence-corrected chi connectivity index (χ3v) is 7.46. The fraction of sp³-hybridized carbons (Fsp3) is 0.241. The molecule has 0 aliphatic heterocycles. The zero-order valence-electron chi connectivity index (χ0n) is 21.2. The molecule has 1 aliphatic rings. The van der Waals surface area contributed by atoms with E-state index in [1.807, 2.05) is 36.4 Å². The Morgan fingerprint density at radius 1 is 0.897 bits per heavy atom. The van der Waals surface area contributed by atoms with Crippen LogP contribution in [0.2, 0.25) is 0 Å². The van der Waals surface area contributed by atoms with E-state index in [0.717, 1.165) is 51.9 Å². The van der Waals surface area contributed by atoms with Gasteiger partial charge in [-0.15, -0.1) is 0 Å². The zero-order valence-corrected chi connectivity index (χ0v) is 21.2. The van der Waals surface area contributed by atoms with Crippen molar-refractivity contribution in [3.8, 4) is 33.9 Å². The van der Waals surface area contributed by atoms with Crippen LogP contribution in [0.5, 0.6) is 0 Å². The molecule has 0 saturated heterocycles. The van der Waals surface area contributed by atoms with Crippen LogP contribution >= 0.6 is 0 Å². The van der Waals surface area contributed by atoms with Gasteiger partial charge < -0.3 is 15.4 Å². The van der Waals surface area contributed by atoms with Gasteiger partial charge >= 0.3 is 0 Å². The fourth-order valence-electron chi connectivity index (χ4n) is 5.42. The number of hydrogen-bond acceptors (Lipinski definition) is 8. The van der Waals surface area contributed by atoms with Gasteiger partial charge in [-0.25, -0.2) is 15.0 Å². The lowest BCUT2D eigenvalue weighted by molar-refractivity contribution is 0.109. The summed E-state index contributed by atoms with van der Waals surface area (Å²) < 4.78 is 0. The molecule has 4 N–H and O–H groups in total. The van der Waals surface area contributed by atoms with Crippen LogP contribution in [-0.2, 0) is 0 Å². The number of aliphatic hydroxyl groups excluding tert-OH is 1. The lowest BCUT2D eigenvalue weighted by Crippen LogP contribution is -2.30. The van der Waals surface area contributed by atoms with Crippen molar-refractivity contribution in [1.82, 2.24) is 40.1 Å². The van der Waals surface area contributed by atoms with Gasteiger partial charge in [0.15, 0.2) is 17.2 Å². The molecule has 0 amide bonds. The second kappa shape index (κ2) is 9.88. The number of aromatic nitrogens is 8. The van der Waals surface area contributed by atoms with Crippen LogP contribution in [0.4, 0.5) is 5.69 Å². The number of hydrogen-bond donors (Lipinski definition) is 4. The average Bonchev–Trinajstić information content (AvgIpc) is 3.62. The molecular weight excluding hydrogens is 490 g/mol. The molecule has 1 aliphatic carbocycles. The van der Waals surface area contributed by atoms with Gasteiger partial charge in [-0.1, -0.05) is 19.3 Å². The second-order valence-corrected chi connectivity index (χ2v) is 9.99. The molecule has 1 atom stereocenters. The van der Waals surface area contributed by atoms with E-state index in [2.05, 4.69) is 35.5 Å². The molecule has 6 aromatic rings. The zero-order chi connectivity index (χ0) is 26.2. The van der Waals surface area contributed by atoms with Gasteiger partial charge in [0.05, 0.1) is 28.6 Å². The standard InChI is InChI=1S/C29H27N9O/c39-29(18-4-2-1-3-5-18)33-20-14-19(15-31-16-20)22-6-7-23-25(34-22)26(38-37-23)28-35-24-21(10-13-32-27(24)36-28)17-8-11-30-12-9-17/h6-16,18,29,33,39H,1-5H2,(H,37,38)(H,32,35,36). The lowest BCUT2D eigenvalue weighted by Gasteiger charge is -2.27. The van der Waals surface area contributed by atoms with Crippen LogP contribution in [0.1, 0.15) is 32.1 Å². The summed E-state index contributed by atoms with van der Waals surface area (Å²) in [5.74, 6) is 0.849. The Labute approximate surface area is 224 Å². The number of pyridine rings is 4. The summed E-state index contributed by atoms with van der Waals surface area (Å²) in [6, 6.07) is 11.7. The third-order valence-electron chi connectivity index (χ3n) is 7.46. The highest BCUT2D eigenvalue weighted by atomic mass is 16.3. The van der Waals surface area contributed by atoms with Crippen molar-refractivity contribution in [1.29, 1.82) is 0 Å². The van der Waals surface area contributed by atoms with Gasteiger partial charge in [0, 0.05) is 41.8 Å².